The second-order valence-electron chi connectivity index (χ2n) is 7.22. The number of aromatic nitrogens is 1. The fourth-order valence-corrected chi connectivity index (χ4v) is 4.64. The van der Waals surface area contributed by atoms with Gasteiger partial charge in [-0.3, -0.25) is 14.9 Å². The number of halogens is 2. The topological polar surface area (TPSA) is 111 Å². The minimum Gasteiger partial charge on any atom is -0.451 e. The van der Waals surface area contributed by atoms with Gasteiger partial charge in [0.15, 0.2) is 11.3 Å². The summed E-state index contributed by atoms with van der Waals surface area (Å²) >= 11 is 6.93. The van der Waals surface area contributed by atoms with E-state index in [1.54, 1.807) is 36.4 Å². The van der Waals surface area contributed by atoms with Crippen LogP contribution >= 0.6 is 31.9 Å². The lowest BCUT2D eigenvalue weighted by Gasteiger charge is -2.03. The lowest BCUT2D eigenvalue weighted by Crippen LogP contribution is -2.10. The Morgan fingerprint density at radius 3 is 2.56 bits per heavy atom. The maximum atomic E-state index is 12.7. The number of amides is 1. The molecule has 0 bridgehead atoms. The molecule has 0 spiro atoms. The van der Waals surface area contributed by atoms with Crippen molar-refractivity contribution in [1.82, 2.24) is 4.98 Å². The Morgan fingerprint density at radius 2 is 1.76 bits per heavy atom. The number of anilines is 1. The maximum absolute atomic E-state index is 12.7. The smallest absolute Gasteiger partial charge is 0.291 e. The Labute approximate surface area is 209 Å². The number of nitrogens with zero attached hydrogens (tertiary/aromatic N) is 2. The van der Waals surface area contributed by atoms with Gasteiger partial charge in [0.1, 0.15) is 11.3 Å². The average Bonchev–Trinajstić information content (AvgIpc) is 3.46. The number of para-hydroxylation sites is 1. The van der Waals surface area contributed by atoms with Crippen molar-refractivity contribution in [1.29, 1.82) is 0 Å². The third-order valence-electron chi connectivity index (χ3n) is 5.00. The highest BCUT2D eigenvalue weighted by Crippen LogP contribution is 2.34. The highest BCUT2D eigenvalue weighted by Gasteiger charge is 2.20. The molecule has 8 nitrogen and oxygen atoms in total. The van der Waals surface area contributed by atoms with E-state index in [1.165, 1.54) is 18.2 Å². The first kappa shape index (κ1) is 22.1. The molecule has 34 heavy (non-hydrogen) atoms. The number of carbonyl (C=O) groups excluding carboxylic acids is 1. The molecule has 0 fully saturated rings. The van der Waals surface area contributed by atoms with Crippen LogP contribution < -0.4 is 5.32 Å². The molecule has 0 atom stereocenters. The van der Waals surface area contributed by atoms with E-state index >= 15 is 0 Å². The summed E-state index contributed by atoms with van der Waals surface area (Å²) in [6, 6.07) is 20.0. The summed E-state index contributed by atoms with van der Waals surface area (Å²) < 4.78 is 13.2. The summed E-state index contributed by atoms with van der Waals surface area (Å²) in [5.41, 5.74) is 2.62. The fraction of sp³-hybridized carbons (Fsp3) is 0. The largest absolute Gasteiger partial charge is 0.451 e. The van der Waals surface area contributed by atoms with E-state index in [0.29, 0.717) is 28.2 Å². The van der Waals surface area contributed by atoms with Crippen molar-refractivity contribution in [2.24, 2.45) is 0 Å². The first-order chi connectivity index (χ1) is 16.4. The summed E-state index contributed by atoms with van der Waals surface area (Å²) in [5.74, 6) is 0.198. The first-order valence-electron chi connectivity index (χ1n) is 9.90. The van der Waals surface area contributed by atoms with Crippen molar-refractivity contribution in [2.75, 3.05) is 5.32 Å². The third kappa shape index (κ3) is 4.25. The van der Waals surface area contributed by atoms with E-state index in [1.807, 2.05) is 18.2 Å². The number of benzene rings is 3. The monoisotopic (exact) mass is 581 g/mol. The summed E-state index contributed by atoms with van der Waals surface area (Å²) in [7, 11) is 0. The fourth-order valence-electron chi connectivity index (χ4n) is 3.42. The molecule has 168 valence electrons. The molecule has 1 amide bonds. The number of carbonyl (C=O) groups is 1. The van der Waals surface area contributed by atoms with Gasteiger partial charge in [-0.25, -0.2) is 4.98 Å². The van der Waals surface area contributed by atoms with E-state index < -0.39 is 10.8 Å². The number of hydrogen-bond donors (Lipinski definition) is 1. The van der Waals surface area contributed by atoms with Crippen LogP contribution in [-0.4, -0.2) is 15.8 Å². The van der Waals surface area contributed by atoms with Gasteiger partial charge >= 0.3 is 0 Å². The molecule has 1 N–H and O–H groups in total. The molecule has 0 saturated heterocycles. The van der Waals surface area contributed by atoms with Gasteiger partial charge in [-0.15, -0.1) is 0 Å². The molecule has 2 heterocycles. The molecule has 0 saturated carbocycles. The molecule has 0 aliphatic carbocycles. The molecule has 2 aromatic heterocycles. The first-order valence-corrected chi connectivity index (χ1v) is 11.5. The van der Waals surface area contributed by atoms with Crippen molar-refractivity contribution in [3.05, 3.63) is 97.6 Å². The number of hydrogen-bond acceptors (Lipinski definition) is 6. The second-order valence-corrected chi connectivity index (χ2v) is 8.99. The van der Waals surface area contributed by atoms with Crippen LogP contribution in [0.5, 0.6) is 0 Å². The summed E-state index contributed by atoms with van der Waals surface area (Å²) in [5, 5.41) is 14.0. The van der Waals surface area contributed by atoms with Crippen LogP contribution in [0.25, 0.3) is 33.9 Å². The zero-order chi connectivity index (χ0) is 23.8. The van der Waals surface area contributed by atoms with Crippen molar-refractivity contribution in [3.8, 4) is 22.8 Å². The van der Waals surface area contributed by atoms with E-state index in [-0.39, 0.29) is 17.2 Å². The average molecular weight is 583 g/mol. The summed E-state index contributed by atoms with van der Waals surface area (Å²) in [6.45, 7) is 0. The van der Waals surface area contributed by atoms with Gasteiger partial charge in [0, 0.05) is 20.7 Å². The molecule has 10 heteroatoms. The van der Waals surface area contributed by atoms with Crippen molar-refractivity contribution >= 4 is 60.2 Å². The van der Waals surface area contributed by atoms with Gasteiger partial charge in [0.2, 0.25) is 5.89 Å². The molecule has 0 radical (unpaired) electrons. The van der Waals surface area contributed by atoms with E-state index in [0.717, 1.165) is 14.5 Å². The number of oxazole rings is 1. The predicted octanol–water partition coefficient (Wildman–Crippen LogP) is 7.44. The molecule has 0 aliphatic heterocycles. The van der Waals surface area contributed by atoms with Gasteiger partial charge in [0.05, 0.1) is 16.1 Å². The molecule has 0 unspecified atom stereocenters. The van der Waals surface area contributed by atoms with Gasteiger partial charge < -0.3 is 14.2 Å². The van der Waals surface area contributed by atoms with Crippen LogP contribution in [0.1, 0.15) is 10.6 Å². The summed E-state index contributed by atoms with van der Waals surface area (Å²) in [6.07, 6.45) is 0. The minimum absolute atomic E-state index is 0.0212. The van der Waals surface area contributed by atoms with Crippen LogP contribution in [-0.2, 0) is 0 Å². The SMILES string of the molecule is O=C(Nc1ccc2oc(-c3ccc(Br)cc3Br)nc2c1)c1ccc(-c2ccccc2[N+](=O)[O-])o1. The highest BCUT2D eigenvalue weighted by molar-refractivity contribution is 9.11. The zero-order valence-electron chi connectivity index (χ0n) is 17.1. The number of rotatable bonds is 5. The van der Waals surface area contributed by atoms with Crippen molar-refractivity contribution < 1.29 is 18.6 Å². The minimum atomic E-state index is -0.497. The van der Waals surface area contributed by atoms with Crippen LogP contribution in [0, 0.1) is 10.1 Å². The van der Waals surface area contributed by atoms with Gasteiger partial charge in [-0.2, -0.15) is 0 Å². The normalized spacial score (nSPS) is 11.0. The van der Waals surface area contributed by atoms with Gasteiger partial charge in [-0.1, -0.05) is 28.1 Å². The molecule has 5 aromatic rings. The Balaban J connectivity index is 1.39. The van der Waals surface area contributed by atoms with Crippen LogP contribution in [0.15, 0.2) is 90.6 Å². The van der Waals surface area contributed by atoms with Crippen molar-refractivity contribution in [3.63, 3.8) is 0 Å². The molecular formula is C24H13Br2N3O5. The van der Waals surface area contributed by atoms with Gasteiger partial charge in [-0.05, 0) is 70.5 Å². The highest BCUT2D eigenvalue weighted by atomic mass is 79.9. The van der Waals surface area contributed by atoms with Crippen LogP contribution in [0.3, 0.4) is 0 Å². The third-order valence-corrected chi connectivity index (χ3v) is 6.15. The lowest BCUT2D eigenvalue weighted by atomic mass is 10.1. The number of furan rings is 1. The number of nitro benzene ring substituents is 1. The lowest BCUT2D eigenvalue weighted by molar-refractivity contribution is -0.384. The van der Waals surface area contributed by atoms with E-state index in [2.05, 4.69) is 42.2 Å². The Bertz CT molecular complexity index is 1570. The molecule has 3 aromatic carbocycles. The Kier molecular flexibility index (Phi) is 5.76. The van der Waals surface area contributed by atoms with E-state index in [4.69, 9.17) is 8.83 Å². The molecule has 0 aliphatic rings. The van der Waals surface area contributed by atoms with Gasteiger partial charge in [0.25, 0.3) is 11.6 Å². The Hall–Kier alpha value is -3.76. The Morgan fingerprint density at radius 1 is 0.941 bits per heavy atom. The number of fused-ring (bicyclic) bond motifs is 1. The number of nitrogens with one attached hydrogen (secondary N) is 1. The van der Waals surface area contributed by atoms with Crippen LogP contribution in [0.4, 0.5) is 11.4 Å². The summed E-state index contributed by atoms with van der Waals surface area (Å²) in [4.78, 5) is 28.0. The number of nitro groups is 1. The quantitative estimate of drug-likeness (QED) is 0.170. The predicted molar refractivity (Wildman–Crippen MR) is 134 cm³/mol. The molecular weight excluding hydrogens is 570 g/mol. The van der Waals surface area contributed by atoms with E-state index in [9.17, 15) is 14.9 Å². The zero-order valence-corrected chi connectivity index (χ0v) is 20.3. The van der Waals surface area contributed by atoms with Crippen LogP contribution in [0.2, 0.25) is 0 Å². The molecule has 5 rings (SSSR count). The van der Waals surface area contributed by atoms with Crippen molar-refractivity contribution in [2.45, 2.75) is 0 Å². The second kappa shape index (κ2) is 8.88. The standard InChI is InChI=1S/C24H13Br2N3O5/c25-13-5-7-15(17(26)11-13)24-28-18-12-14(6-8-21(18)34-24)27-23(30)22-10-9-20(33-22)16-3-1-2-4-19(16)29(31)32/h1-12H,(H,27,30). The maximum Gasteiger partial charge on any atom is 0.291 e.